The van der Waals surface area contributed by atoms with Crippen molar-refractivity contribution in [2.24, 2.45) is 0 Å². The molecule has 0 saturated heterocycles. The number of hydrogen-bond acceptors (Lipinski definition) is 2. The standard InChI is InChI=1S/C59H41NO/c1-59(2)52-18-10-8-16-49(52)50-33-31-46(37-53(50)59)60(45-29-26-41(27-30-45)40-22-20-39(21-23-40)38-12-4-3-5-13-38)54-34-35-56-58(51-17-9-11-19-55(51)61-56)57(54)44-28-32-48-43(36-44)25-24-42-14-6-7-15-47(42)48/h3-37H,1-2H3. The van der Waals surface area contributed by atoms with Crippen LogP contribution < -0.4 is 4.90 Å². The van der Waals surface area contributed by atoms with Gasteiger partial charge in [0.25, 0.3) is 0 Å². The monoisotopic (exact) mass is 779 g/mol. The van der Waals surface area contributed by atoms with Gasteiger partial charge in [-0.05, 0) is 120 Å². The summed E-state index contributed by atoms with van der Waals surface area (Å²) < 4.78 is 6.61. The van der Waals surface area contributed by atoms with E-state index in [1.165, 1.54) is 66.1 Å². The number of furan rings is 1. The number of fused-ring (bicyclic) bond motifs is 9. The van der Waals surface area contributed by atoms with Crippen molar-refractivity contribution in [3.63, 3.8) is 0 Å². The Bertz CT molecular complexity index is 3480. The lowest BCUT2D eigenvalue weighted by molar-refractivity contribution is 0.660. The maximum atomic E-state index is 6.61. The fourth-order valence-electron chi connectivity index (χ4n) is 10.0. The van der Waals surface area contributed by atoms with Crippen molar-refractivity contribution in [3.8, 4) is 44.5 Å². The molecule has 1 aliphatic carbocycles. The van der Waals surface area contributed by atoms with Crippen LogP contribution in [0.2, 0.25) is 0 Å². The molecule has 61 heavy (non-hydrogen) atoms. The molecule has 0 atom stereocenters. The van der Waals surface area contributed by atoms with Gasteiger partial charge in [0.1, 0.15) is 11.2 Å². The normalized spacial score (nSPS) is 12.9. The SMILES string of the molecule is CC1(C)c2ccccc2-c2ccc(N(c3ccc(-c4ccc(-c5ccccc5)cc4)cc3)c3ccc4oc5ccccc5c4c3-c3ccc4c(ccc5ccccc54)c3)cc21. The van der Waals surface area contributed by atoms with Gasteiger partial charge in [0.15, 0.2) is 0 Å². The van der Waals surface area contributed by atoms with Crippen LogP contribution in [-0.4, -0.2) is 0 Å². The second-order valence-electron chi connectivity index (χ2n) is 16.9. The lowest BCUT2D eigenvalue weighted by Crippen LogP contribution is -2.17. The average Bonchev–Trinajstić information content (AvgIpc) is 3.81. The first-order valence-electron chi connectivity index (χ1n) is 21.2. The van der Waals surface area contributed by atoms with Crippen LogP contribution >= 0.6 is 0 Å². The van der Waals surface area contributed by atoms with E-state index in [1.54, 1.807) is 0 Å². The number of nitrogens with zero attached hydrogens (tertiary/aromatic N) is 1. The van der Waals surface area contributed by atoms with E-state index < -0.39 is 0 Å². The highest BCUT2D eigenvalue weighted by molar-refractivity contribution is 6.18. The van der Waals surface area contributed by atoms with Gasteiger partial charge in [0.2, 0.25) is 0 Å². The molecule has 0 fully saturated rings. The number of anilines is 3. The van der Waals surface area contributed by atoms with E-state index in [1.807, 2.05) is 0 Å². The summed E-state index contributed by atoms with van der Waals surface area (Å²) in [4.78, 5) is 2.46. The van der Waals surface area contributed by atoms with E-state index in [0.717, 1.165) is 50.1 Å². The molecular weight excluding hydrogens is 739 g/mol. The molecule has 2 heteroatoms. The van der Waals surface area contributed by atoms with Crippen LogP contribution in [0.5, 0.6) is 0 Å². The molecule has 288 valence electrons. The Kier molecular flexibility index (Phi) is 7.92. The van der Waals surface area contributed by atoms with E-state index in [4.69, 9.17) is 4.42 Å². The number of rotatable bonds is 6. The Balaban J connectivity index is 1.08. The third-order valence-corrected chi connectivity index (χ3v) is 13.1. The zero-order valence-electron chi connectivity index (χ0n) is 34.1. The topological polar surface area (TPSA) is 16.4 Å². The van der Waals surface area contributed by atoms with Crippen molar-refractivity contribution >= 4 is 60.5 Å². The highest BCUT2D eigenvalue weighted by atomic mass is 16.3. The van der Waals surface area contributed by atoms with Gasteiger partial charge in [-0.3, -0.25) is 0 Å². The molecule has 1 aromatic heterocycles. The molecule has 2 nitrogen and oxygen atoms in total. The third-order valence-electron chi connectivity index (χ3n) is 13.1. The quantitative estimate of drug-likeness (QED) is 0.156. The van der Waals surface area contributed by atoms with Crippen molar-refractivity contribution in [2.45, 2.75) is 19.3 Å². The van der Waals surface area contributed by atoms with Gasteiger partial charge in [0, 0.05) is 33.1 Å². The summed E-state index contributed by atoms with van der Waals surface area (Å²) >= 11 is 0. The van der Waals surface area contributed by atoms with Crippen molar-refractivity contribution in [1.82, 2.24) is 0 Å². The molecule has 10 aromatic carbocycles. The van der Waals surface area contributed by atoms with E-state index in [-0.39, 0.29) is 5.41 Å². The zero-order chi connectivity index (χ0) is 40.7. The molecule has 1 heterocycles. The predicted octanol–water partition coefficient (Wildman–Crippen LogP) is 16.7. The Morgan fingerprint density at radius 2 is 0.967 bits per heavy atom. The number of benzene rings is 10. The van der Waals surface area contributed by atoms with E-state index >= 15 is 0 Å². The van der Waals surface area contributed by atoms with Gasteiger partial charge in [-0.1, -0.05) is 178 Å². The van der Waals surface area contributed by atoms with Crippen LogP contribution in [0.3, 0.4) is 0 Å². The van der Waals surface area contributed by atoms with Gasteiger partial charge in [0.05, 0.1) is 5.69 Å². The highest BCUT2D eigenvalue weighted by Gasteiger charge is 2.36. The maximum absolute atomic E-state index is 6.61. The summed E-state index contributed by atoms with van der Waals surface area (Å²) in [6.45, 7) is 4.72. The summed E-state index contributed by atoms with van der Waals surface area (Å²) in [7, 11) is 0. The first-order chi connectivity index (χ1) is 30.0. The van der Waals surface area contributed by atoms with Crippen LogP contribution in [-0.2, 0) is 5.41 Å². The summed E-state index contributed by atoms with van der Waals surface area (Å²) in [6, 6.07) is 77.5. The van der Waals surface area contributed by atoms with Crippen LogP contribution in [0.4, 0.5) is 17.1 Å². The van der Waals surface area contributed by atoms with E-state index in [9.17, 15) is 0 Å². The Morgan fingerprint density at radius 3 is 1.77 bits per heavy atom. The summed E-state index contributed by atoms with van der Waals surface area (Å²) in [6.07, 6.45) is 0. The first kappa shape index (κ1) is 35.3. The minimum Gasteiger partial charge on any atom is -0.456 e. The van der Waals surface area contributed by atoms with Gasteiger partial charge in [-0.15, -0.1) is 0 Å². The minimum atomic E-state index is -0.155. The Hall–Kier alpha value is -7.68. The van der Waals surface area contributed by atoms with Crippen LogP contribution in [0.25, 0.3) is 88.0 Å². The van der Waals surface area contributed by atoms with Gasteiger partial charge in [-0.25, -0.2) is 0 Å². The molecule has 11 aromatic rings. The minimum absolute atomic E-state index is 0.155. The molecule has 0 bridgehead atoms. The second kappa shape index (κ2) is 13.7. The van der Waals surface area contributed by atoms with E-state index in [2.05, 4.69) is 231 Å². The van der Waals surface area contributed by atoms with Crippen molar-refractivity contribution in [3.05, 3.63) is 223 Å². The van der Waals surface area contributed by atoms with Gasteiger partial charge < -0.3 is 9.32 Å². The van der Waals surface area contributed by atoms with Crippen LogP contribution in [0.1, 0.15) is 25.0 Å². The second-order valence-corrected chi connectivity index (χ2v) is 16.9. The fraction of sp³-hybridized carbons (Fsp3) is 0.0508. The molecule has 0 saturated carbocycles. The van der Waals surface area contributed by atoms with E-state index in [0.29, 0.717) is 0 Å². The van der Waals surface area contributed by atoms with Crippen molar-refractivity contribution in [1.29, 1.82) is 0 Å². The summed E-state index contributed by atoms with van der Waals surface area (Å²) in [5, 5.41) is 7.18. The summed E-state index contributed by atoms with van der Waals surface area (Å²) in [5.41, 5.74) is 17.3. The Labute approximate surface area is 355 Å². The van der Waals surface area contributed by atoms with Crippen LogP contribution in [0, 0.1) is 0 Å². The Morgan fingerprint density at radius 1 is 0.377 bits per heavy atom. The van der Waals surface area contributed by atoms with Crippen LogP contribution in [0.15, 0.2) is 217 Å². The van der Waals surface area contributed by atoms with Gasteiger partial charge >= 0.3 is 0 Å². The molecule has 0 aliphatic heterocycles. The van der Waals surface area contributed by atoms with Crippen molar-refractivity contribution < 1.29 is 4.42 Å². The number of hydrogen-bond donors (Lipinski definition) is 0. The molecule has 0 N–H and O–H groups in total. The molecule has 0 spiro atoms. The van der Waals surface area contributed by atoms with Crippen molar-refractivity contribution in [2.75, 3.05) is 4.90 Å². The zero-order valence-corrected chi connectivity index (χ0v) is 34.1. The highest BCUT2D eigenvalue weighted by Crippen LogP contribution is 2.52. The number of para-hydroxylation sites is 1. The predicted molar refractivity (Wildman–Crippen MR) is 257 cm³/mol. The maximum Gasteiger partial charge on any atom is 0.136 e. The lowest BCUT2D eigenvalue weighted by atomic mass is 9.82. The summed E-state index contributed by atoms with van der Waals surface area (Å²) in [5.74, 6) is 0. The smallest absolute Gasteiger partial charge is 0.136 e. The molecule has 1 aliphatic rings. The largest absolute Gasteiger partial charge is 0.456 e. The molecule has 0 unspecified atom stereocenters. The average molecular weight is 780 g/mol. The molecule has 0 radical (unpaired) electrons. The molecule has 12 rings (SSSR count). The molecular formula is C59H41NO. The fourth-order valence-corrected chi connectivity index (χ4v) is 10.0. The lowest BCUT2D eigenvalue weighted by Gasteiger charge is -2.30. The van der Waals surface area contributed by atoms with Gasteiger partial charge in [-0.2, -0.15) is 0 Å². The first-order valence-corrected chi connectivity index (χ1v) is 21.2. The third kappa shape index (κ3) is 5.64. The molecule has 0 amide bonds.